The quantitative estimate of drug-likeness (QED) is 0.547. The third-order valence-electron chi connectivity index (χ3n) is 2.48. The minimum atomic E-state index is -0.166. The molecule has 3 heteroatoms. The van der Waals surface area contributed by atoms with E-state index in [1.807, 2.05) is 26.8 Å². The second-order valence-electron chi connectivity index (χ2n) is 4.35. The van der Waals surface area contributed by atoms with Crippen LogP contribution in [0.5, 0.6) is 0 Å². The van der Waals surface area contributed by atoms with E-state index in [9.17, 15) is 4.91 Å². The molecule has 0 saturated carbocycles. The first-order chi connectivity index (χ1) is 6.98. The lowest BCUT2D eigenvalue weighted by Gasteiger charge is -2.20. The smallest absolute Gasteiger partial charge is 0.108 e. The molecule has 0 unspecified atom stereocenters. The van der Waals surface area contributed by atoms with Crippen LogP contribution in [0.15, 0.2) is 28.4 Å². The summed E-state index contributed by atoms with van der Waals surface area (Å²) in [5.74, 6) is 0. The van der Waals surface area contributed by atoms with Crippen LogP contribution in [0, 0.1) is 11.8 Å². The van der Waals surface area contributed by atoms with Crippen LogP contribution in [0.3, 0.4) is 0 Å². The number of aryl methyl sites for hydroxylation is 1. The maximum absolute atomic E-state index is 10.3. The molecule has 1 aromatic carbocycles. The largest absolute Gasteiger partial charge is 0.295 e. The topological polar surface area (TPSA) is 41.8 Å². The zero-order valence-corrected chi connectivity index (χ0v) is 9.45. The number of hydrogen-bond acceptors (Lipinski definition) is 3. The van der Waals surface area contributed by atoms with Crippen molar-refractivity contribution in [1.82, 2.24) is 0 Å². The van der Waals surface area contributed by atoms with Gasteiger partial charge in [0.2, 0.25) is 0 Å². The summed E-state index contributed by atoms with van der Waals surface area (Å²) in [6.07, 6.45) is 0.821. The maximum Gasteiger partial charge on any atom is 0.108 e. The van der Waals surface area contributed by atoms with Crippen LogP contribution in [-0.2, 0) is 6.42 Å². The van der Waals surface area contributed by atoms with Crippen LogP contribution in [0.4, 0.5) is 5.69 Å². The first-order valence-corrected chi connectivity index (χ1v) is 4.89. The highest BCUT2D eigenvalue weighted by Crippen LogP contribution is 2.22. The SMILES string of the molecule is C=NC(C)(C)Cc1ccc(N=O)cc1C. The Balaban J connectivity index is 2.96. The summed E-state index contributed by atoms with van der Waals surface area (Å²) in [6.45, 7) is 9.61. The zero-order valence-electron chi connectivity index (χ0n) is 9.45. The second kappa shape index (κ2) is 4.34. The molecule has 1 aromatic rings. The lowest BCUT2D eigenvalue weighted by Crippen LogP contribution is -2.20. The van der Waals surface area contributed by atoms with Crippen LogP contribution in [0.2, 0.25) is 0 Å². The van der Waals surface area contributed by atoms with Crippen molar-refractivity contribution in [2.24, 2.45) is 10.2 Å². The fourth-order valence-corrected chi connectivity index (χ4v) is 1.46. The molecule has 0 heterocycles. The average molecular weight is 204 g/mol. The molecule has 0 fully saturated rings. The van der Waals surface area contributed by atoms with Gasteiger partial charge < -0.3 is 0 Å². The summed E-state index contributed by atoms with van der Waals surface area (Å²) in [5, 5.41) is 2.90. The van der Waals surface area contributed by atoms with Gasteiger partial charge in [0.15, 0.2) is 0 Å². The first-order valence-electron chi connectivity index (χ1n) is 4.89. The van der Waals surface area contributed by atoms with E-state index in [1.54, 1.807) is 12.1 Å². The molecule has 0 N–H and O–H groups in total. The minimum absolute atomic E-state index is 0.166. The van der Waals surface area contributed by atoms with Gasteiger partial charge >= 0.3 is 0 Å². The Bertz CT molecular complexity index is 383. The van der Waals surface area contributed by atoms with Gasteiger partial charge in [0, 0.05) is 0 Å². The van der Waals surface area contributed by atoms with E-state index in [1.165, 1.54) is 5.56 Å². The number of nitrogens with zero attached hydrogens (tertiary/aromatic N) is 2. The Kier molecular flexibility index (Phi) is 3.35. The number of nitroso groups, excluding NO2 is 1. The molecule has 3 nitrogen and oxygen atoms in total. The van der Waals surface area contributed by atoms with Crippen molar-refractivity contribution in [3.63, 3.8) is 0 Å². The predicted octanol–water partition coefficient (Wildman–Crippen LogP) is 3.41. The summed E-state index contributed by atoms with van der Waals surface area (Å²) in [7, 11) is 0. The summed E-state index contributed by atoms with van der Waals surface area (Å²) in [4.78, 5) is 14.4. The number of hydrogen-bond donors (Lipinski definition) is 0. The molecule has 0 bridgehead atoms. The van der Waals surface area contributed by atoms with E-state index in [0.717, 1.165) is 12.0 Å². The predicted molar refractivity (Wildman–Crippen MR) is 64.0 cm³/mol. The normalized spacial score (nSPS) is 11.1. The third kappa shape index (κ3) is 2.98. The lowest BCUT2D eigenvalue weighted by atomic mass is 9.93. The van der Waals surface area contributed by atoms with E-state index >= 15 is 0 Å². The molecule has 1 rings (SSSR count). The van der Waals surface area contributed by atoms with Gasteiger partial charge in [0.25, 0.3) is 0 Å². The molecule has 0 aliphatic rings. The van der Waals surface area contributed by atoms with Crippen molar-refractivity contribution in [3.8, 4) is 0 Å². The van der Waals surface area contributed by atoms with E-state index in [4.69, 9.17) is 0 Å². The van der Waals surface area contributed by atoms with Crippen molar-refractivity contribution in [2.75, 3.05) is 0 Å². The van der Waals surface area contributed by atoms with Crippen LogP contribution < -0.4 is 0 Å². The van der Waals surface area contributed by atoms with Gasteiger partial charge in [-0.05, 0) is 62.3 Å². The summed E-state index contributed by atoms with van der Waals surface area (Å²) in [6, 6.07) is 5.45. The summed E-state index contributed by atoms with van der Waals surface area (Å²) in [5.41, 5.74) is 2.56. The standard InChI is InChI=1S/C12H16N2O/c1-9-7-11(14-15)6-5-10(9)8-12(2,3)13-4/h5-7H,4,8H2,1-3H3. The van der Waals surface area contributed by atoms with Crippen molar-refractivity contribution in [3.05, 3.63) is 34.2 Å². The molecule has 0 aliphatic heterocycles. The molecule has 0 amide bonds. The van der Waals surface area contributed by atoms with Gasteiger partial charge in [-0.15, -0.1) is 4.91 Å². The van der Waals surface area contributed by atoms with Crippen LogP contribution in [-0.4, -0.2) is 12.3 Å². The number of aliphatic imine (C=N–C) groups is 1. The maximum atomic E-state index is 10.3. The molecule has 0 aliphatic carbocycles. The molecule has 0 atom stereocenters. The Morgan fingerprint density at radius 3 is 2.53 bits per heavy atom. The van der Waals surface area contributed by atoms with Gasteiger partial charge in [-0.3, -0.25) is 4.99 Å². The first kappa shape index (κ1) is 11.6. The number of benzene rings is 1. The minimum Gasteiger partial charge on any atom is -0.295 e. The molecule has 0 aromatic heterocycles. The fourth-order valence-electron chi connectivity index (χ4n) is 1.46. The van der Waals surface area contributed by atoms with Crippen molar-refractivity contribution in [2.45, 2.75) is 32.7 Å². The van der Waals surface area contributed by atoms with Crippen molar-refractivity contribution < 1.29 is 0 Å². The molecule has 15 heavy (non-hydrogen) atoms. The second-order valence-corrected chi connectivity index (χ2v) is 4.35. The van der Waals surface area contributed by atoms with E-state index in [-0.39, 0.29) is 5.54 Å². The lowest BCUT2D eigenvalue weighted by molar-refractivity contribution is 0.523. The third-order valence-corrected chi connectivity index (χ3v) is 2.48. The highest BCUT2D eigenvalue weighted by molar-refractivity contribution is 5.44. The monoisotopic (exact) mass is 204 g/mol. The van der Waals surface area contributed by atoms with Crippen molar-refractivity contribution >= 4 is 12.4 Å². The van der Waals surface area contributed by atoms with Gasteiger partial charge in [0.05, 0.1) is 5.54 Å². The molecular weight excluding hydrogens is 188 g/mol. The van der Waals surface area contributed by atoms with E-state index in [2.05, 4.69) is 16.9 Å². The Morgan fingerprint density at radius 2 is 2.07 bits per heavy atom. The Labute approximate surface area is 90.2 Å². The summed E-state index contributed by atoms with van der Waals surface area (Å²) >= 11 is 0. The highest BCUT2D eigenvalue weighted by Gasteiger charge is 2.16. The van der Waals surface area contributed by atoms with E-state index in [0.29, 0.717) is 5.69 Å². The van der Waals surface area contributed by atoms with Gasteiger partial charge in [-0.25, -0.2) is 0 Å². The fraction of sp³-hybridized carbons (Fsp3) is 0.417. The van der Waals surface area contributed by atoms with E-state index < -0.39 is 0 Å². The molecule has 0 saturated heterocycles. The molecule has 0 spiro atoms. The molecule has 0 radical (unpaired) electrons. The molecular formula is C12H16N2O. The summed E-state index contributed by atoms with van der Waals surface area (Å²) < 4.78 is 0. The molecule has 80 valence electrons. The van der Waals surface area contributed by atoms with Crippen LogP contribution >= 0.6 is 0 Å². The van der Waals surface area contributed by atoms with Gasteiger partial charge in [-0.2, -0.15) is 0 Å². The van der Waals surface area contributed by atoms with Crippen LogP contribution in [0.25, 0.3) is 0 Å². The van der Waals surface area contributed by atoms with Crippen molar-refractivity contribution in [1.29, 1.82) is 0 Å². The zero-order chi connectivity index (χ0) is 11.5. The van der Waals surface area contributed by atoms with Crippen LogP contribution in [0.1, 0.15) is 25.0 Å². The van der Waals surface area contributed by atoms with Gasteiger partial charge in [-0.1, -0.05) is 6.07 Å². The Hall–Kier alpha value is -1.51. The average Bonchev–Trinajstić information content (AvgIpc) is 2.21. The highest BCUT2D eigenvalue weighted by atomic mass is 16.3. The van der Waals surface area contributed by atoms with Gasteiger partial charge in [0.1, 0.15) is 5.69 Å². The number of rotatable bonds is 4. The Morgan fingerprint density at radius 1 is 1.40 bits per heavy atom.